The largest absolute Gasteiger partial charge is 0.338 e. The van der Waals surface area contributed by atoms with E-state index in [2.05, 4.69) is 15.0 Å². The summed E-state index contributed by atoms with van der Waals surface area (Å²) in [6, 6.07) is 17.2. The standard InChI is InChI=1S/C22H21ClN4O2/c23-19-9-7-18(8-10-19)22-24-20(29-25-22)16-26-12-14-27(15-13-26)21(28)11-6-17-4-2-1-3-5-17/h1-11H,12-16H2. The molecule has 0 atom stereocenters. The number of rotatable bonds is 5. The van der Waals surface area contributed by atoms with Gasteiger partial charge in [-0.1, -0.05) is 47.1 Å². The summed E-state index contributed by atoms with van der Waals surface area (Å²) in [7, 11) is 0. The van der Waals surface area contributed by atoms with E-state index in [1.165, 1.54) is 0 Å². The van der Waals surface area contributed by atoms with Crippen molar-refractivity contribution in [1.29, 1.82) is 0 Å². The molecule has 0 unspecified atom stereocenters. The van der Waals surface area contributed by atoms with Crippen LogP contribution in [0, 0.1) is 0 Å². The molecule has 6 nitrogen and oxygen atoms in total. The number of amides is 1. The Morgan fingerprint density at radius 3 is 2.48 bits per heavy atom. The van der Waals surface area contributed by atoms with E-state index in [9.17, 15) is 4.79 Å². The molecule has 3 aromatic rings. The second-order valence-electron chi connectivity index (χ2n) is 6.86. The monoisotopic (exact) mass is 408 g/mol. The van der Waals surface area contributed by atoms with Crippen LogP contribution >= 0.6 is 11.6 Å². The molecule has 0 radical (unpaired) electrons. The van der Waals surface area contributed by atoms with Crippen molar-refractivity contribution in [2.45, 2.75) is 6.54 Å². The van der Waals surface area contributed by atoms with Crippen molar-refractivity contribution in [3.8, 4) is 11.4 Å². The zero-order valence-electron chi connectivity index (χ0n) is 15.9. The van der Waals surface area contributed by atoms with E-state index in [-0.39, 0.29) is 5.91 Å². The summed E-state index contributed by atoms with van der Waals surface area (Å²) in [4.78, 5) is 20.9. The first-order valence-corrected chi connectivity index (χ1v) is 9.88. The van der Waals surface area contributed by atoms with E-state index in [0.717, 1.165) is 24.2 Å². The summed E-state index contributed by atoms with van der Waals surface area (Å²) < 4.78 is 5.39. The zero-order valence-corrected chi connectivity index (χ0v) is 16.6. The number of hydrogen-bond acceptors (Lipinski definition) is 5. The maximum Gasteiger partial charge on any atom is 0.246 e. The minimum atomic E-state index is 0.0383. The molecular weight excluding hydrogens is 388 g/mol. The van der Waals surface area contributed by atoms with E-state index in [1.807, 2.05) is 53.4 Å². The number of nitrogens with zero attached hydrogens (tertiary/aromatic N) is 4. The van der Waals surface area contributed by atoms with Crippen molar-refractivity contribution >= 4 is 23.6 Å². The molecule has 1 aliphatic heterocycles. The third kappa shape index (κ3) is 5.10. The van der Waals surface area contributed by atoms with Gasteiger partial charge in [0.15, 0.2) is 0 Å². The first kappa shape index (κ1) is 19.4. The lowest BCUT2D eigenvalue weighted by Crippen LogP contribution is -2.47. The molecule has 1 saturated heterocycles. The van der Waals surface area contributed by atoms with Gasteiger partial charge in [0, 0.05) is 42.8 Å². The Balaban J connectivity index is 1.28. The molecule has 0 N–H and O–H groups in total. The van der Waals surface area contributed by atoms with E-state index >= 15 is 0 Å². The summed E-state index contributed by atoms with van der Waals surface area (Å²) >= 11 is 5.92. The number of piperazine rings is 1. The molecule has 7 heteroatoms. The minimum absolute atomic E-state index is 0.0383. The van der Waals surface area contributed by atoms with Gasteiger partial charge in [0.25, 0.3) is 0 Å². The lowest BCUT2D eigenvalue weighted by Gasteiger charge is -2.33. The SMILES string of the molecule is O=C(C=Cc1ccccc1)N1CCN(Cc2nc(-c3ccc(Cl)cc3)no2)CC1. The fourth-order valence-corrected chi connectivity index (χ4v) is 3.32. The van der Waals surface area contributed by atoms with Gasteiger partial charge in [0.1, 0.15) is 0 Å². The molecule has 0 aliphatic carbocycles. The Morgan fingerprint density at radius 2 is 1.76 bits per heavy atom. The maximum absolute atomic E-state index is 12.4. The van der Waals surface area contributed by atoms with Crippen molar-refractivity contribution in [2.75, 3.05) is 26.2 Å². The molecule has 29 heavy (non-hydrogen) atoms. The number of aromatic nitrogens is 2. The predicted octanol–water partition coefficient (Wildman–Crippen LogP) is 3.75. The van der Waals surface area contributed by atoms with Gasteiger partial charge in [0.2, 0.25) is 17.6 Å². The number of carbonyl (C=O) groups is 1. The van der Waals surface area contributed by atoms with E-state index in [4.69, 9.17) is 16.1 Å². The van der Waals surface area contributed by atoms with Crippen molar-refractivity contribution in [1.82, 2.24) is 19.9 Å². The van der Waals surface area contributed by atoms with Gasteiger partial charge in [-0.2, -0.15) is 4.98 Å². The van der Waals surface area contributed by atoms with Crippen molar-refractivity contribution < 1.29 is 9.32 Å². The molecule has 148 valence electrons. The first-order chi connectivity index (χ1) is 14.2. The molecule has 0 saturated carbocycles. The molecule has 1 aromatic heterocycles. The molecule has 1 fully saturated rings. The minimum Gasteiger partial charge on any atom is -0.338 e. The summed E-state index contributed by atoms with van der Waals surface area (Å²) in [5.41, 5.74) is 1.89. The van der Waals surface area contributed by atoms with Gasteiger partial charge in [-0.25, -0.2) is 0 Å². The highest BCUT2D eigenvalue weighted by atomic mass is 35.5. The van der Waals surface area contributed by atoms with Gasteiger partial charge in [-0.05, 0) is 35.9 Å². The van der Waals surface area contributed by atoms with Crippen molar-refractivity contribution in [2.24, 2.45) is 0 Å². The molecule has 2 heterocycles. The topological polar surface area (TPSA) is 62.5 Å². The van der Waals surface area contributed by atoms with Crippen LogP contribution in [0.1, 0.15) is 11.5 Å². The van der Waals surface area contributed by atoms with Crippen LogP contribution in [0.15, 0.2) is 65.2 Å². The Morgan fingerprint density at radius 1 is 1.03 bits per heavy atom. The van der Waals surface area contributed by atoms with Crippen LogP contribution in [0.25, 0.3) is 17.5 Å². The average Bonchev–Trinajstić information content (AvgIpc) is 3.22. The smallest absolute Gasteiger partial charge is 0.246 e. The molecule has 4 rings (SSSR count). The van der Waals surface area contributed by atoms with E-state index in [0.29, 0.717) is 36.4 Å². The Labute approximate surface area is 174 Å². The summed E-state index contributed by atoms with van der Waals surface area (Å²) in [6.07, 6.45) is 3.49. The molecular formula is C22H21ClN4O2. The highest BCUT2D eigenvalue weighted by Crippen LogP contribution is 2.19. The normalized spacial score (nSPS) is 15.1. The van der Waals surface area contributed by atoms with Gasteiger partial charge >= 0.3 is 0 Å². The Hall–Kier alpha value is -2.96. The number of benzene rings is 2. The van der Waals surface area contributed by atoms with Crippen LogP contribution in [0.2, 0.25) is 5.02 Å². The van der Waals surface area contributed by atoms with Gasteiger partial charge in [-0.3, -0.25) is 9.69 Å². The zero-order chi connectivity index (χ0) is 20.1. The van der Waals surface area contributed by atoms with Crippen LogP contribution < -0.4 is 0 Å². The third-order valence-corrected chi connectivity index (χ3v) is 5.08. The van der Waals surface area contributed by atoms with Crippen LogP contribution in [0.4, 0.5) is 0 Å². The Bertz CT molecular complexity index is 978. The second-order valence-corrected chi connectivity index (χ2v) is 7.30. The molecule has 2 aromatic carbocycles. The van der Waals surface area contributed by atoms with Crippen LogP contribution in [-0.2, 0) is 11.3 Å². The summed E-state index contributed by atoms with van der Waals surface area (Å²) in [6.45, 7) is 3.46. The fraction of sp³-hybridized carbons (Fsp3) is 0.227. The number of halogens is 1. The summed E-state index contributed by atoms with van der Waals surface area (Å²) in [5.74, 6) is 1.16. The van der Waals surface area contributed by atoms with E-state index in [1.54, 1.807) is 18.2 Å². The van der Waals surface area contributed by atoms with Crippen molar-refractivity contribution in [3.63, 3.8) is 0 Å². The third-order valence-electron chi connectivity index (χ3n) is 4.83. The highest BCUT2D eigenvalue weighted by Gasteiger charge is 2.21. The van der Waals surface area contributed by atoms with Crippen LogP contribution in [-0.4, -0.2) is 52.0 Å². The highest BCUT2D eigenvalue weighted by molar-refractivity contribution is 6.30. The van der Waals surface area contributed by atoms with Crippen molar-refractivity contribution in [3.05, 3.63) is 77.2 Å². The molecule has 0 spiro atoms. The van der Waals surface area contributed by atoms with Crippen LogP contribution in [0.5, 0.6) is 0 Å². The average molecular weight is 409 g/mol. The van der Waals surface area contributed by atoms with Gasteiger partial charge in [-0.15, -0.1) is 0 Å². The quantitative estimate of drug-likeness (QED) is 0.602. The number of hydrogen-bond donors (Lipinski definition) is 0. The van der Waals surface area contributed by atoms with Gasteiger partial charge in [0.05, 0.1) is 6.54 Å². The maximum atomic E-state index is 12.4. The lowest BCUT2D eigenvalue weighted by atomic mass is 10.2. The summed E-state index contributed by atoms with van der Waals surface area (Å²) in [5, 5.41) is 4.72. The number of carbonyl (C=O) groups excluding carboxylic acids is 1. The lowest BCUT2D eigenvalue weighted by molar-refractivity contribution is -0.127. The predicted molar refractivity (Wildman–Crippen MR) is 112 cm³/mol. The van der Waals surface area contributed by atoms with Crippen LogP contribution in [0.3, 0.4) is 0 Å². The molecule has 0 bridgehead atoms. The molecule has 1 amide bonds. The second kappa shape index (κ2) is 9.03. The van der Waals surface area contributed by atoms with Gasteiger partial charge < -0.3 is 9.42 Å². The fourth-order valence-electron chi connectivity index (χ4n) is 3.19. The van der Waals surface area contributed by atoms with E-state index < -0.39 is 0 Å². The Kier molecular flexibility index (Phi) is 6.03. The molecule has 1 aliphatic rings. The first-order valence-electron chi connectivity index (χ1n) is 9.50.